The van der Waals surface area contributed by atoms with Gasteiger partial charge in [0, 0.05) is 39.1 Å². The molecule has 0 amide bonds. The van der Waals surface area contributed by atoms with Crippen molar-refractivity contribution in [1.29, 1.82) is 0 Å². The summed E-state index contributed by atoms with van der Waals surface area (Å²) in [6, 6.07) is 17.9. The Bertz CT molecular complexity index is 1310. The Balaban J connectivity index is 0.00000274. The van der Waals surface area contributed by atoms with Crippen molar-refractivity contribution >= 4 is 46.5 Å². The minimum Gasteiger partial charge on any atom is -0.493 e. The summed E-state index contributed by atoms with van der Waals surface area (Å²) >= 11 is 12.8. The van der Waals surface area contributed by atoms with Crippen LogP contribution in [0.5, 0.6) is 17.2 Å². The second-order valence-corrected chi connectivity index (χ2v) is 8.86. The van der Waals surface area contributed by atoms with Gasteiger partial charge in [-0.2, -0.15) is 0 Å². The van der Waals surface area contributed by atoms with Crippen LogP contribution < -0.4 is 19.5 Å². The number of hydrogen-bond acceptors (Lipinski definition) is 4. The summed E-state index contributed by atoms with van der Waals surface area (Å²) in [5, 5.41) is 6.18. The van der Waals surface area contributed by atoms with Crippen molar-refractivity contribution in [3.05, 3.63) is 87.0 Å². The minimum absolute atomic E-state index is 0. The average molecular weight is 520 g/mol. The molecule has 0 aliphatic carbocycles. The number of ether oxygens (including phenoxy) is 3. The van der Waals surface area contributed by atoms with Crippen molar-refractivity contribution in [2.24, 2.45) is 0 Å². The van der Waals surface area contributed by atoms with Crippen LogP contribution in [0.15, 0.2) is 54.6 Å². The summed E-state index contributed by atoms with van der Waals surface area (Å²) in [4.78, 5) is 3.65. The van der Waals surface area contributed by atoms with Crippen LogP contribution in [0.25, 0.3) is 10.9 Å². The number of H-pyrrole nitrogens is 1. The lowest BCUT2D eigenvalue weighted by Gasteiger charge is -2.32. The summed E-state index contributed by atoms with van der Waals surface area (Å²) < 4.78 is 16.7. The Kier molecular flexibility index (Phi) is 7.20. The topological polar surface area (TPSA) is 55.5 Å². The van der Waals surface area contributed by atoms with Crippen molar-refractivity contribution < 1.29 is 14.2 Å². The predicted molar refractivity (Wildman–Crippen MR) is 140 cm³/mol. The van der Waals surface area contributed by atoms with Crippen LogP contribution >= 0.6 is 35.6 Å². The number of hydrogen-bond donors (Lipinski definition) is 2. The van der Waals surface area contributed by atoms with E-state index in [1.807, 2.05) is 30.3 Å². The third-order valence-corrected chi connectivity index (χ3v) is 6.86. The molecular formula is C26H25Cl3N2O3. The summed E-state index contributed by atoms with van der Waals surface area (Å²) in [6.45, 7) is 0.706. The van der Waals surface area contributed by atoms with Crippen molar-refractivity contribution in [3.8, 4) is 17.2 Å². The molecule has 178 valence electrons. The van der Waals surface area contributed by atoms with E-state index in [2.05, 4.69) is 28.5 Å². The summed E-state index contributed by atoms with van der Waals surface area (Å²) in [6.07, 6.45) is 0. The molecule has 2 heterocycles. The van der Waals surface area contributed by atoms with Crippen LogP contribution in [0.3, 0.4) is 0 Å². The first kappa shape index (κ1) is 24.6. The number of para-hydroxylation sites is 1. The quantitative estimate of drug-likeness (QED) is 0.306. The van der Waals surface area contributed by atoms with Crippen molar-refractivity contribution in [2.75, 3.05) is 27.9 Å². The van der Waals surface area contributed by atoms with E-state index in [9.17, 15) is 0 Å². The molecule has 34 heavy (non-hydrogen) atoms. The molecule has 1 aromatic heterocycles. The van der Waals surface area contributed by atoms with Crippen molar-refractivity contribution in [1.82, 2.24) is 10.3 Å². The van der Waals surface area contributed by atoms with E-state index in [0.717, 1.165) is 22.3 Å². The second kappa shape index (κ2) is 9.96. The molecular weight excluding hydrogens is 495 g/mol. The number of fused-ring (bicyclic) bond motifs is 3. The van der Waals surface area contributed by atoms with Gasteiger partial charge in [0.25, 0.3) is 0 Å². The molecule has 0 bridgehead atoms. The first-order valence-corrected chi connectivity index (χ1v) is 11.4. The summed E-state index contributed by atoms with van der Waals surface area (Å²) in [5.41, 5.74) is 5.46. The highest BCUT2D eigenvalue weighted by Gasteiger charge is 2.34. The Hall–Kier alpha value is -2.57. The number of nitrogens with one attached hydrogen (secondary N) is 2. The molecule has 0 saturated heterocycles. The Morgan fingerprint density at radius 2 is 1.59 bits per heavy atom. The summed E-state index contributed by atoms with van der Waals surface area (Å²) in [5.74, 6) is 1.88. The van der Waals surface area contributed by atoms with Crippen LogP contribution in [0, 0.1) is 0 Å². The molecule has 2 unspecified atom stereocenters. The lowest BCUT2D eigenvalue weighted by atomic mass is 9.83. The standard InChI is InChI=1S/C26H24Cl2N2O3.ClH/c1-31-21-10-14(11-22(32-2)26(21)33-3)24-25-23(17-6-4-5-7-20(17)30-25)18(13-29-24)16-9-8-15(27)12-19(16)28;/h4-12,18,24,29-30H,13H2,1-3H3;1H. The molecule has 2 N–H and O–H groups in total. The van der Waals surface area contributed by atoms with Gasteiger partial charge in [0.1, 0.15) is 0 Å². The number of methoxy groups -OCH3 is 3. The maximum atomic E-state index is 6.64. The lowest BCUT2D eigenvalue weighted by molar-refractivity contribution is 0.323. The Labute approximate surface area is 214 Å². The molecule has 0 radical (unpaired) electrons. The number of aromatic amines is 1. The van der Waals surface area contributed by atoms with Gasteiger partial charge in [0.15, 0.2) is 11.5 Å². The van der Waals surface area contributed by atoms with Crippen LogP contribution in [-0.4, -0.2) is 32.9 Å². The third-order valence-electron chi connectivity index (χ3n) is 6.30. The average Bonchev–Trinajstić information content (AvgIpc) is 3.22. The maximum Gasteiger partial charge on any atom is 0.203 e. The van der Waals surface area contributed by atoms with Crippen molar-refractivity contribution in [2.45, 2.75) is 12.0 Å². The number of benzene rings is 3. The Morgan fingerprint density at radius 3 is 2.24 bits per heavy atom. The predicted octanol–water partition coefficient (Wildman–Crippen LogP) is 6.75. The first-order valence-electron chi connectivity index (χ1n) is 10.6. The van der Waals surface area contributed by atoms with E-state index in [1.54, 1.807) is 27.4 Å². The van der Waals surface area contributed by atoms with E-state index in [4.69, 9.17) is 37.4 Å². The zero-order valence-electron chi connectivity index (χ0n) is 18.9. The zero-order valence-corrected chi connectivity index (χ0v) is 21.3. The van der Waals surface area contributed by atoms with Gasteiger partial charge in [-0.1, -0.05) is 47.5 Å². The monoisotopic (exact) mass is 518 g/mol. The molecule has 0 spiro atoms. The largest absolute Gasteiger partial charge is 0.493 e. The fourth-order valence-corrected chi connectivity index (χ4v) is 5.37. The van der Waals surface area contributed by atoms with Gasteiger partial charge in [0.2, 0.25) is 5.75 Å². The van der Waals surface area contributed by atoms with Gasteiger partial charge >= 0.3 is 0 Å². The molecule has 5 rings (SSSR count). The number of rotatable bonds is 5. The van der Waals surface area contributed by atoms with Gasteiger partial charge in [0.05, 0.1) is 27.4 Å². The van der Waals surface area contributed by atoms with Crippen LogP contribution in [0.4, 0.5) is 0 Å². The van der Waals surface area contributed by atoms with Gasteiger partial charge in [-0.25, -0.2) is 0 Å². The number of halogens is 3. The van der Waals surface area contributed by atoms with Crippen molar-refractivity contribution in [3.63, 3.8) is 0 Å². The van der Waals surface area contributed by atoms with Gasteiger partial charge < -0.3 is 24.5 Å². The SMILES string of the molecule is COc1cc(C2NCC(c3ccc(Cl)cc3Cl)c3c2[nH]c2ccccc32)cc(OC)c1OC.Cl. The fourth-order valence-electron chi connectivity index (χ4n) is 4.83. The molecule has 0 fully saturated rings. The molecule has 3 aromatic carbocycles. The smallest absolute Gasteiger partial charge is 0.203 e. The zero-order chi connectivity index (χ0) is 23.1. The van der Waals surface area contributed by atoms with E-state index in [-0.39, 0.29) is 24.4 Å². The molecule has 8 heteroatoms. The lowest BCUT2D eigenvalue weighted by Crippen LogP contribution is -2.34. The maximum absolute atomic E-state index is 6.64. The molecule has 4 aromatic rings. The van der Waals surface area contributed by atoms with E-state index < -0.39 is 0 Å². The summed E-state index contributed by atoms with van der Waals surface area (Å²) in [7, 11) is 4.86. The second-order valence-electron chi connectivity index (χ2n) is 8.02. The molecule has 5 nitrogen and oxygen atoms in total. The Morgan fingerprint density at radius 1 is 0.882 bits per heavy atom. The van der Waals surface area contributed by atoms with Gasteiger partial charge in [-0.15, -0.1) is 12.4 Å². The van der Waals surface area contributed by atoms with E-state index in [1.165, 1.54) is 10.9 Å². The van der Waals surface area contributed by atoms with Crippen LogP contribution in [0.2, 0.25) is 10.0 Å². The number of aromatic nitrogens is 1. The highest BCUT2D eigenvalue weighted by atomic mass is 35.5. The minimum atomic E-state index is -0.0940. The van der Waals surface area contributed by atoms with Crippen LogP contribution in [0.1, 0.15) is 34.3 Å². The van der Waals surface area contributed by atoms with Gasteiger partial charge in [-0.05, 0) is 47.0 Å². The highest BCUT2D eigenvalue weighted by Crippen LogP contribution is 2.46. The molecule has 0 saturated carbocycles. The molecule has 2 atom stereocenters. The molecule has 1 aliphatic heterocycles. The third kappa shape index (κ3) is 4.07. The molecule has 1 aliphatic rings. The highest BCUT2D eigenvalue weighted by molar-refractivity contribution is 6.35. The van der Waals surface area contributed by atoms with E-state index >= 15 is 0 Å². The van der Waals surface area contributed by atoms with Crippen LogP contribution in [-0.2, 0) is 0 Å². The first-order chi connectivity index (χ1) is 16.0. The normalized spacial score (nSPS) is 17.1. The van der Waals surface area contributed by atoms with E-state index in [0.29, 0.717) is 33.8 Å². The van der Waals surface area contributed by atoms with Gasteiger partial charge in [-0.3, -0.25) is 0 Å². The fraction of sp³-hybridized carbons (Fsp3) is 0.231.